The Bertz CT molecular complexity index is 732. The van der Waals surface area contributed by atoms with Gasteiger partial charge in [-0.05, 0) is 13.0 Å². The van der Waals surface area contributed by atoms with E-state index in [1.165, 1.54) is 4.68 Å². The molecule has 0 saturated carbocycles. The molecule has 6 heteroatoms. The number of piperazine rings is 1. The van der Waals surface area contributed by atoms with Gasteiger partial charge >= 0.3 is 0 Å². The predicted molar refractivity (Wildman–Crippen MR) is 80.2 cm³/mol. The van der Waals surface area contributed by atoms with E-state index < -0.39 is 0 Å². The van der Waals surface area contributed by atoms with Gasteiger partial charge in [-0.3, -0.25) is 9.59 Å². The molecular formula is C15H18N4O2. The van der Waals surface area contributed by atoms with Crippen molar-refractivity contribution in [3.63, 3.8) is 0 Å². The van der Waals surface area contributed by atoms with Gasteiger partial charge in [-0.15, -0.1) is 0 Å². The first-order chi connectivity index (χ1) is 10.2. The summed E-state index contributed by atoms with van der Waals surface area (Å²) in [6.07, 6.45) is 0. The van der Waals surface area contributed by atoms with E-state index in [1.807, 2.05) is 25.1 Å². The highest BCUT2D eigenvalue weighted by Crippen LogP contribution is 2.11. The van der Waals surface area contributed by atoms with E-state index in [2.05, 4.69) is 10.4 Å². The quantitative estimate of drug-likeness (QED) is 0.852. The third kappa shape index (κ3) is 2.67. The zero-order chi connectivity index (χ0) is 14.8. The van der Waals surface area contributed by atoms with Gasteiger partial charge in [-0.2, -0.15) is 5.10 Å². The Hall–Kier alpha value is -2.21. The number of hydrogen-bond acceptors (Lipinski definition) is 4. The molecule has 2 heterocycles. The molecule has 1 aromatic carbocycles. The van der Waals surface area contributed by atoms with Crippen LogP contribution in [0, 0.1) is 6.92 Å². The van der Waals surface area contributed by atoms with E-state index in [0.29, 0.717) is 18.5 Å². The lowest BCUT2D eigenvalue weighted by Gasteiger charge is -2.27. The molecule has 0 atom stereocenters. The zero-order valence-electron chi connectivity index (χ0n) is 12.0. The molecule has 110 valence electrons. The zero-order valence-corrected chi connectivity index (χ0v) is 12.0. The van der Waals surface area contributed by atoms with Crippen LogP contribution < -0.4 is 10.9 Å². The Labute approximate surface area is 122 Å². The Kier molecular flexibility index (Phi) is 3.70. The lowest BCUT2D eigenvalue weighted by atomic mass is 10.1. The Morgan fingerprint density at radius 2 is 1.90 bits per heavy atom. The molecule has 21 heavy (non-hydrogen) atoms. The minimum atomic E-state index is -0.209. The molecule has 2 aromatic rings. The van der Waals surface area contributed by atoms with Crippen molar-refractivity contribution in [3.05, 3.63) is 40.3 Å². The van der Waals surface area contributed by atoms with Gasteiger partial charge < -0.3 is 10.2 Å². The van der Waals surface area contributed by atoms with Gasteiger partial charge in [-0.25, -0.2) is 4.68 Å². The maximum absolute atomic E-state index is 12.4. The van der Waals surface area contributed by atoms with E-state index >= 15 is 0 Å². The molecule has 1 N–H and O–H groups in total. The summed E-state index contributed by atoms with van der Waals surface area (Å²) in [5.74, 6) is -0.0548. The summed E-state index contributed by atoms with van der Waals surface area (Å²) in [5, 5.41) is 8.93. The second kappa shape index (κ2) is 5.65. The average molecular weight is 286 g/mol. The van der Waals surface area contributed by atoms with Gasteiger partial charge in [0.05, 0.1) is 11.1 Å². The first kappa shape index (κ1) is 13.8. The Morgan fingerprint density at radius 1 is 1.24 bits per heavy atom. The van der Waals surface area contributed by atoms with Gasteiger partial charge in [0, 0.05) is 31.6 Å². The number of carbonyl (C=O) groups is 1. The van der Waals surface area contributed by atoms with Gasteiger partial charge in [0.2, 0.25) is 5.91 Å². The number of benzene rings is 1. The number of nitrogens with one attached hydrogen (secondary N) is 1. The normalized spacial score (nSPS) is 15.4. The molecule has 0 aliphatic carbocycles. The van der Waals surface area contributed by atoms with Crippen LogP contribution in [0.4, 0.5) is 0 Å². The summed E-state index contributed by atoms with van der Waals surface area (Å²) in [6.45, 7) is 4.81. The van der Waals surface area contributed by atoms with E-state index in [-0.39, 0.29) is 18.0 Å². The Morgan fingerprint density at radius 3 is 2.62 bits per heavy atom. The van der Waals surface area contributed by atoms with Crippen molar-refractivity contribution in [3.8, 4) is 0 Å². The molecule has 1 aliphatic rings. The van der Waals surface area contributed by atoms with Gasteiger partial charge in [0.1, 0.15) is 6.54 Å². The number of aryl methyl sites for hydroxylation is 1. The second-order valence-electron chi connectivity index (χ2n) is 5.22. The van der Waals surface area contributed by atoms with Crippen LogP contribution >= 0.6 is 0 Å². The summed E-state index contributed by atoms with van der Waals surface area (Å²) in [6, 6.07) is 7.36. The smallest absolute Gasteiger partial charge is 0.275 e. The average Bonchev–Trinajstić information content (AvgIpc) is 2.53. The van der Waals surface area contributed by atoms with Crippen LogP contribution in [0.15, 0.2) is 29.1 Å². The van der Waals surface area contributed by atoms with Crippen LogP contribution in [0.1, 0.15) is 5.69 Å². The Balaban J connectivity index is 1.92. The fraction of sp³-hybridized carbons (Fsp3) is 0.400. The number of fused-ring (bicyclic) bond motifs is 1. The first-order valence-corrected chi connectivity index (χ1v) is 7.12. The molecule has 1 fully saturated rings. The van der Waals surface area contributed by atoms with Gasteiger partial charge in [-0.1, -0.05) is 18.2 Å². The highest BCUT2D eigenvalue weighted by atomic mass is 16.2. The fourth-order valence-corrected chi connectivity index (χ4v) is 2.65. The van der Waals surface area contributed by atoms with Crippen LogP contribution in [0.2, 0.25) is 0 Å². The van der Waals surface area contributed by atoms with Crippen molar-refractivity contribution in [2.75, 3.05) is 26.2 Å². The number of rotatable bonds is 2. The lowest BCUT2D eigenvalue weighted by Crippen LogP contribution is -2.48. The van der Waals surface area contributed by atoms with Crippen molar-refractivity contribution < 1.29 is 4.79 Å². The van der Waals surface area contributed by atoms with E-state index in [4.69, 9.17) is 0 Å². The molecule has 0 spiro atoms. The standard InChI is InChI=1S/C15H18N4O2/c1-11-12-4-2-3-5-13(12)15(21)19(17-11)10-14(20)18-8-6-16-7-9-18/h2-5,16H,6-10H2,1H3. The lowest BCUT2D eigenvalue weighted by molar-refractivity contribution is -0.132. The van der Waals surface area contributed by atoms with Crippen molar-refractivity contribution >= 4 is 16.7 Å². The van der Waals surface area contributed by atoms with Gasteiger partial charge in [0.15, 0.2) is 0 Å². The van der Waals surface area contributed by atoms with Gasteiger partial charge in [0.25, 0.3) is 5.56 Å². The molecule has 1 saturated heterocycles. The number of aromatic nitrogens is 2. The van der Waals surface area contributed by atoms with Crippen LogP contribution in [0.3, 0.4) is 0 Å². The third-order valence-corrected chi connectivity index (χ3v) is 3.81. The van der Waals surface area contributed by atoms with Crippen LogP contribution in [-0.4, -0.2) is 46.8 Å². The number of amides is 1. The van der Waals surface area contributed by atoms with E-state index in [0.717, 1.165) is 24.2 Å². The summed E-state index contributed by atoms with van der Waals surface area (Å²) in [4.78, 5) is 26.5. The number of nitrogens with zero attached hydrogens (tertiary/aromatic N) is 3. The summed E-state index contributed by atoms with van der Waals surface area (Å²) < 4.78 is 1.28. The number of hydrogen-bond donors (Lipinski definition) is 1. The molecule has 0 radical (unpaired) electrons. The molecule has 1 aromatic heterocycles. The first-order valence-electron chi connectivity index (χ1n) is 7.12. The van der Waals surface area contributed by atoms with Crippen molar-refractivity contribution in [1.29, 1.82) is 0 Å². The molecule has 0 unspecified atom stereocenters. The highest BCUT2D eigenvalue weighted by Gasteiger charge is 2.18. The predicted octanol–water partition coefficient (Wildman–Crippen LogP) is 0.137. The summed E-state index contributed by atoms with van der Waals surface area (Å²) in [5.41, 5.74) is 0.554. The van der Waals surface area contributed by atoms with Crippen molar-refractivity contribution in [1.82, 2.24) is 20.0 Å². The molecule has 6 nitrogen and oxygen atoms in total. The highest BCUT2D eigenvalue weighted by molar-refractivity contribution is 5.83. The maximum Gasteiger partial charge on any atom is 0.275 e. The molecule has 0 bridgehead atoms. The van der Waals surface area contributed by atoms with Crippen LogP contribution in [0.25, 0.3) is 10.8 Å². The van der Waals surface area contributed by atoms with Crippen molar-refractivity contribution in [2.24, 2.45) is 0 Å². The van der Waals surface area contributed by atoms with Crippen LogP contribution in [-0.2, 0) is 11.3 Å². The monoisotopic (exact) mass is 286 g/mol. The molecule has 1 amide bonds. The largest absolute Gasteiger partial charge is 0.339 e. The fourth-order valence-electron chi connectivity index (χ4n) is 2.65. The van der Waals surface area contributed by atoms with Crippen LogP contribution in [0.5, 0.6) is 0 Å². The second-order valence-corrected chi connectivity index (χ2v) is 5.22. The van der Waals surface area contributed by atoms with E-state index in [9.17, 15) is 9.59 Å². The molecule has 1 aliphatic heterocycles. The number of carbonyl (C=O) groups excluding carboxylic acids is 1. The minimum Gasteiger partial charge on any atom is -0.339 e. The van der Waals surface area contributed by atoms with Crippen molar-refractivity contribution in [2.45, 2.75) is 13.5 Å². The topological polar surface area (TPSA) is 67.2 Å². The van der Waals surface area contributed by atoms with E-state index in [1.54, 1.807) is 11.0 Å². The maximum atomic E-state index is 12.4. The SMILES string of the molecule is Cc1nn(CC(=O)N2CCNCC2)c(=O)c2ccccc12. The summed E-state index contributed by atoms with van der Waals surface area (Å²) in [7, 11) is 0. The summed E-state index contributed by atoms with van der Waals surface area (Å²) >= 11 is 0. The minimum absolute atomic E-state index is 0.00447. The molecular weight excluding hydrogens is 268 g/mol. The third-order valence-electron chi connectivity index (χ3n) is 3.81. The molecule has 3 rings (SSSR count).